The second-order valence-corrected chi connectivity index (χ2v) is 6.61. The number of benzene rings is 2. The molecule has 0 saturated heterocycles. The van der Waals surface area contributed by atoms with E-state index in [1.807, 2.05) is 48.7 Å². The van der Waals surface area contributed by atoms with E-state index >= 15 is 0 Å². The van der Waals surface area contributed by atoms with Crippen LogP contribution in [0.15, 0.2) is 54.7 Å². The van der Waals surface area contributed by atoms with Gasteiger partial charge >= 0.3 is 0 Å². The lowest BCUT2D eigenvalue weighted by Gasteiger charge is -2.08. The molecular formula is C22H25N3O3. The molecule has 0 atom stereocenters. The first-order valence-electron chi connectivity index (χ1n) is 9.37. The molecule has 0 radical (unpaired) electrons. The molecule has 0 bridgehead atoms. The predicted molar refractivity (Wildman–Crippen MR) is 109 cm³/mol. The van der Waals surface area contributed by atoms with Crippen molar-refractivity contribution in [2.75, 3.05) is 13.7 Å². The van der Waals surface area contributed by atoms with Gasteiger partial charge in [0, 0.05) is 30.1 Å². The van der Waals surface area contributed by atoms with Crippen LogP contribution in [-0.4, -0.2) is 30.5 Å². The molecule has 0 saturated carbocycles. The number of para-hydroxylation sites is 1. The van der Waals surface area contributed by atoms with Crippen LogP contribution in [0.4, 0.5) is 0 Å². The quantitative estimate of drug-likeness (QED) is 0.535. The molecule has 0 aliphatic carbocycles. The first-order valence-corrected chi connectivity index (χ1v) is 9.37. The van der Waals surface area contributed by atoms with E-state index in [1.54, 1.807) is 7.11 Å². The van der Waals surface area contributed by atoms with E-state index in [4.69, 9.17) is 4.74 Å². The minimum Gasteiger partial charge on any atom is -0.497 e. The Bertz CT molecular complexity index is 932. The van der Waals surface area contributed by atoms with E-state index in [0.717, 1.165) is 29.7 Å². The van der Waals surface area contributed by atoms with Crippen molar-refractivity contribution in [3.63, 3.8) is 0 Å². The molecule has 6 heteroatoms. The summed E-state index contributed by atoms with van der Waals surface area (Å²) in [6.45, 7) is 0.404. The summed E-state index contributed by atoms with van der Waals surface area (Å²) in [6, 6.07) is 15.6. The van der Waals surface area contributed by atoms with Crippen LogP contribution in [0, 0.1) is 0 Å². The number of aromatic nitrogens is 1. The van der Waals surface area contributed by atoms with Gasteiger partial charge in [0.1, 0.15) is 5.75 Å². The summed E-state index contributed by atoms with van der Waals surface area (Å²) in [5.41, 5.74) is 3.29. The van der Waals surface area contributed by atoms with E-state index < -0.39 is 0 Å². The predicted octanol–water partition coefficient (Wildman–Crippen LogP) is 2.93. The van der Waals surface area contributed by atoms with E-state index in [0.29, 0.717) is 13.0 Å². The van der Waals surface area contributed by atoms with Crippen molar-refractivity contribution in [2.24, 2.45) is 0 Å². The second kappa shape index (κ2) is 9.60. The number of amides is 2. The summed E-state index contributed by atoms with van der Waals surface area (Å²) in [4.78, 5) is 27.1. The highest BCUT2D eigenvalue weighted by molar-refractivity contribution is 5.85. The Kier molecular flexibility index (Phi) is 6.68. The molecule has 28 heavy (non-hydrogen) atoms. The van der Waals surface area contributed by atoms with Crippen molar-refractivity contribution in [3.05, 3.63) is 65.9 Å². The zero-order valence-corrected chi connectivity index (χ0v) is 16.0. The lowest BCUT2D eigenvalue weighted by atomic mass is 10.1. The molecule has 3 rings (SSSR count). The number of fused-ring (bicyclic) bond motifs is 1. The molecule has 1 heterocycles. The maximum absolute atomic E-state index is 12.0. The highest BCUT2D eigenvalue weighted by Crippen LogP contribution is 2.19. The smallest absolute Gasteiger partial charge is 0.239 e. The molecule has 0 fully saturated rings. The highest BCUT2D eigenvalue weighted by atomic mass is 16.5. The molecule has 0 unspecified atom stereocenters. The zero-order valence-electron chi connectivity index (χ0n) is 16.0. The van der Waals surface area contributed by atoms with Gasteiger partial charge in [0.15, 0.2) is 0 Å². The molecule has 3 aromatic rings. The SMILES string of the molecule is COc1ccc(CNC(=O)CNC(=O)CCCc2c[nH]c3ccccc23)cc1. The van der Waals surface area contributed by atoms with Crippen molar-refractivity contribution in [2.45, 2.75) is 25.8 Å². The highest BCUT2D eigenvalue weighted by Gasteiger charge is 2.07. The maximum Gasteiger partial charge on any atom is 0.239 e. The fraction of sp³-hybridized carbons (Fsp3) is 0.273. The first-order chi connectivity index (χ1) is 13.7. The lowest BCUT2D eigenvalue weighted by molar-refractivity contribution is -0.126. The van der Waals surface area contributed by atoms with Crippen LogP contribution in [0.25, 0.3) is 10.9 Å². The summed E-state index contributed by atoms with van der Waals surface area (Å²) >= 11 is 0. The van der Waals surface area contributed by atoms with Crippen molar-refractivity contribution in [3.8, 4) is 5.75 Å². The van der Waals surface area contributed by atoms with Crippen LogP contribution in [0.5, 0.6) is 5.75 Å². The van der Waals surface area contributed by atoms with E-state index in [9.17, 15) is 9.59 Å². The number of aryl methyl sites for hydroxylation is 1. The minimum absolute atomic E-state index is 0.0118. The van der Waals surface area contributed by atoms with Gasteiger partial charge < -0.3 is 20.4 Å². The van der Waals surface area contributed by atoms with Crippen LogP contribution >= 0.6 is 0 Å². The second-order valence-electron chi connectivity index (χ2n) is 6.61. The number of methoxy groups -OCH3 is 1. The molecular weight excluding hydrogens is 354 g/mol. The first kappa shape index (κ1) is 19.5. The van der Waals surface area contributed by atoms with Crippen molar-refractivity contribution < 1.29 is 14.3 Å². The molecule has 1 aromatic heterocycles. The zero-order chi connectivity index (χ0) is 19.8. The Morgan fingerprint density at radius 1 is 1.00 bits per heavy atom. The average Bonchev–Trinajstić information content (AvgIpc) is 3.14. The fourth-order valence-electron chi connectivity index (χ4n) is 3.05. The summed E-state index contributed by atoms with van der Waals surface area (Å²) in [7, 11) is 1.61. The number of hydrogen-bond acceptors (Lipinski definition) is 3. The van der Waals surface area contributed by atoms with Gasteiger partial charge in [0.05, 0.1) is 13.7 Å². The van der Waals surface area contributed by atoms with Crippen LogP contribution in [0.3, 0.4) is 0 Å². The monoisotopic (exact) mass is 379 g/mol. The molecule has 0 aliphatic heterocycles. The number of ether oxygens (including phenoxy) is 1. The third-order valence-electron chi connectivity index (χ3n) is 4.62. The largest absolute Gasteiger partial charge is 0.497 e. The van der Waals surface area contributed by atoms with Gasteiger partial charge in [-0.3, -0.25) is 9.59 Å². The molecule has 2 amide bonds. The number of rotatable bonds is 9. The van der Waals surface area contributed by atoms with Crippen LogP contribution < -0.4 is 15.4 Å². The Hall–Kier alpha value is -3.28. The molecule has 0 spiro atoms. The summed E-state index contributed by atoms with van der Waals surface area (Å²) in [5.74, 6) is 0.454. The van der Waals surface area contributed by atoms with Gasteiger partial charge in [0.25, 0.3) is 0 Å². The molecule has 3 N–H and O–H groups in total. The average molecular weight is 379 g/mol. The Morgan fingerprint density at radius 2 is 1.79 bits per heavy atom. The third kappa shape index (κ3) is 5.36. The van der Waals surface area contributed by atoms with Crippen molar-refractivity contribution >= 4 is 22.7 Å². The number of nitrogens with one attached hydrogen (secondary N) is 3. The fourth-order valence-corrected chi connectivity index (χ4v) is 3.05. The van der Waals surface area contributed by atoms with E-state index in [-0.39, 0.29) is 18.4 Å². The normalized spacial score (nSPS) is 10.6. The molecule has 6 nitrogen and oxygen atoms in total. The maximum atomic E-state index is 12.0. The number of H-pyrrole nitrogens is 1. The van der Waals surface area contributed by atoms with Crippen LogP contribution in [0.2, 0.25) is 0 Å². The van der Waals surface area contributed by atoms with Crippen LogP contribution in [0.1, 0.15) is 24.0 Å². The van der Waals surface area contributed by atoms with Gasteiger partial charge in [-0.05, 0) is 42.2 Å². The molecule has 146 valence electrons. The van der Waals surface area contributed by atoms with Crippen molar-refractivity contribution in [1.82, 2.24) is 15.6 Å². The van der Waals surface area contributed by atoms with Gasteiger partial charge in [-0.25, -0.2) is 0 Å². The lowest BCUT2D eigenvalue weighted by Crippen LogP contribution is -2.36. The van der Waals surface area contributed by atoms with Gasteiger partial charge in [-0.1, -0.05) is 30.3 Å². The van der Waals surface area contributed by atoms with Crippen LogP contribution in [-0.2, 0) is 22.6 Å². The van der Waals surface area contributed by atoms with Crippen molar-refractivity contribution in [1.29, 1.82) is 0 Å². The Balaban J connectivity index is 1.33. The Morgan fingerprint density at radius 3 is 2.57 bits per heavy atom. The number of carbonyl (C=O) groups is 2. The van der Waals surface area contributed by atoms with Gasteiger partial charge in [-0.15, -0.1) is 0 Å². The number of carbonyl (C=O) groups excluding carboxylic acids is 2. The molecule has 2 aromatic carbocycles. The summed E-state index contributed by atoms with van der Waals surface area (Å²) in [6.07, 6.45) is 3.95. The molecule has 0 aliphatic rings. The summed E-state index contributed by atoms with van der Waals surface area (Å²) in [5, 5.41) is 6.66. The van der Waals surface area contributed by atoms with E-state index in [2.05, 4.69) is 21.7 Å². The standard InChI is InChI=1S/C22H25N3O3/c1-28-18-11-9-16(10-12-18)13-24-22(27)15-25-21(26)8-4-5-17-14-23-20-7-3-2-6-19(17)20/h2-3,6-7,9-12,14,23H,4-5,8,13,15H2,1H3,(H,24,27)(H,25,26). The van der Waals surface area contributed by atoms with Gasteiger partial charge in [0.2, 0.25) is 11.8 Å². The Labute approximate surface area is 164 Å². The number of aromatic amines is 1. The third-order valence-corrected chi connectivity index (χ3v) is 4.62. The van der Waals surface area contributed by atoms with Gasteiger partial charge in [-0.2, -0.15) is 0 Å². The summed E-state index contributed by atoms with van der Waals surface area (Å²) < 4.78 is 5.10. The topological polar surface area (TPSA) is 83.2 Å². The number of hydrogen-bond donors (Lipinski definition) is 3. The minimum atomic E-state index is -0.208. The van der Waals surface area contributed by atoms with E-state index in [1.165, 1.54) is 10.9 Å².